The number of hydrogen-bond acceptors (Lipinski definition) is 9. The first-order chi connectivity index (χ1) is 20.5. The van der Waals surface area contributed by atoms with Crippen molar-refractivity contribution in [2.45, 2.75) is 52.4 Å². The van der Waals surface area contributed by atoms with E-state index in [1.807, 2.05) is 32.0 Å². The lowest BCUT2D eigenvalue weighted by molar-refractivity contribution is 0.163. The van der Waals surface area contributed by atoms with Crippen molar-refractivity contribution in [2.24, 2.45) is 0 Å². The number of rotatable bonds is 8. The molecule has 2 fully saturated rings. The highest BCUT2D eigenvalue weighted by Gasteiger charge is 2.29. The molecule has 2 aromatic carbocycles. The summed E-state index contributed by atoms with van der Waals surface area (Å²) in [5.74, 6) is 3.49. The SMILES string of the molecule is CC[C@H]1CN(Cc2ccccc2)CCN1c1cc(C)on1.Cc1cc(N2CCN(Cc3ccccc3)C[C@@H]2CO)no1. The summed E-state index contributed by atoms with van der Waals surface area (Å²) in [5, 5.41) is 17.9. The highest BCUT2D eigenvalue weighted by Crippen LogP contribution is 2.23. The number of aliphatic hydroxyl groups excluding tert-OH is 1. The second-order valence-corrected chi connectivity index (χ2v) is 11.3. The van der Waals surface area contributed by atoms with Gasteiger partial charge in [0.1, 0.15) is 11.5 Å². The zero-order valence-electron chi connectivity index (χ0n) is 25.1. The molecule has 0 radical (unpaired) electrons. The van der Waals surface area contributed by atoms with Crippen molar-refractivity contribution in [3.8, 4) is 0 Å². The molecule has 42 heavy (non-hydrogen) atoms. The number of aromatic nitrogens is 2. The minimum Gasteiger partial charge on any atom is -0.394 e. The van der Waals surface area contributed by atoms with Gasteiger partial charge in [-0.3, -0.25) is 9.80 Å². The maximum atomic E-state index is 9.69. The molecule has 0 unspecified atom stereocenters. The van der Waals surface area contributed by atoms with E-state index in [0.717, 1.165) is 81.9 Å². The fourth-order valence-corrected chi connectivity index (χ4v) is 5.90. The predicted molar refractivity (Wildman–Crippen MR) is 166 cm³/mol. The largest absolute Gasteiger partial charge is 0.394 e. The summed E-state index contributed by atoms with van der Waals surface area (Å²) in [6.07, 6.45) is 1.12. The summed E-state index contributed by atoms with van der Waals surface area (Å²) in [6.45, 7) is 13.9. The molecule has 2 aliphatic heterocycles. The summed E-state index contributed by atoms with van der Waals surface area (Å²) in [4.78, 5) is 9.43. The molecule has 0 bridgehead atoms. The van der Waals surface area contributed by atoms with E-state index in [2.05, 4.69) is 91.4 Å². The Morgan fingerprint density at radius 1 is 0.690 bits per heavy atom. The van der Waals surface area contributed by atoms with Gasteiger partial charge in [0, 0.05) is 70.5 Å². The Morgan fingerprint density at radius 2 is 1.14 bits per heavy atom. The zero-order valence-corrected chi connectivity index (χ0v) is 25.1. The molecule has 2 saturated heterocycles. The van der Waals surface area contributed by atoms with Gasteiger partial charge in [-0.25, -0.2) is 0 Å². The number of anilines is 2. The van der Waals surface area contributed by atoms with Crippen LogP contribution in [0.25, 0.3) is 0 Å². The molecular weight excluding hydrogens is 528 g/mol. The van der Waals surface area contributed by atoms with Crippen LogP contribution < -0.4 is 9.80 Å². The van der Waals surface area contributed by atoms with Gasteiger partial charge in [-0.2, -0.15) is 0 Å². The van der Waals surface area contributed by atoms with Gasteiger partial charge >= 0.3 is 0 Å². The molecule has 0 spiro atoms. The van der Waals surface area contributed by atoms with Crippen LogP contribution in [0.5, 0.6) is 0 Å². The number of piperazine rings is 2. The van der Waals surface area contributed by atoms with E-state index in [1.54, 1.807) is 0 Å². The molecule has 9 nitrogen and oxygen atoms in total. The molecule has 224 valence electrons. The topological polar surface area (TPSA) is 85.3 Å². The van der Waals surface area contributed by atoms with E-state index in [4.69, 9.17) is 9.05 Å². The number of benzene rings is 2. The second kappa shape index (κ2) is 14.5. The zero-order chi connectivity index (χ0) is 29.3. The van der Waals surface area contributed by atoms with Crippen LogP contribution >= 0.6 is 0 Å². The molecule has 2 atom stereocenters. The van der Waals surface area contributed by atoms with Crippen LogP contribution in [-0.4, -0.2) is 83.2 Å². The Bertz CT molecular complexity index is 1240. The Labute approximate surface area is 249 Å². The van der Waals surface area contributed by atoms with Crippen LogP contribution in [0.2, 0.25) is 0 Å². The van der Waals surface area contributed by atoms with Crippen molar-refractivity contribution in [2.75, 3.05) is 55.7 Å². The Morgan fingerprint density at radius 3 is 1.55 bits per heavy atom. The van der Waals surface area contributed by atoms with Gasteiger partial charge in [0.15, 0.2) is 11.6 Å². The lowest BCUT2D eigenvalue weighted by Crippen LogP contribution is -2.54. The molecular formula is C33H44N6O3. The normalized spacial score (nSPS) is 19.9. The van der Waals surface area contributed by atoms with Crippen molar-refractivity contribution in [1.82, 2.24) is 20.1 Å². The van der Waals surface area contributed by atoms with Gasteiger partial charge in [-0.15, -0.1) is 0 Å². The summed E-state index contributed by atoms with van der Waals surface area (Å²) in [7, 11) is 0. The molecule has 6 rings (SSSR count). The molecule has 1 N–H and O–H groups in total. The van der Waals surface area contributed by atoms with Crippen molar-refractivity contribution in [3.63, 3.8) is 0 Å². The first-order valence-corrected chi connectivity index (χ1v) is 15.1. The maximum absolute atomic E-state index is 9.69. The van der Waals surface area contributed by atoms with Crippen molar-refractivity contribution in [1.29, 1.82) is 0 Å². The van der Waals surface area contributed by atoms with Crippen LogP contribution in [0.1, 0.15) is 36.0 Å². The van der Waals surface area contributed by atoms with Crippen LogP contribution in [-0.2, 0) is 13.1 Å². The molecule has 0 saturated carbocycles. The van der Waals surface area contributed by atoms with Crippen molar-refractivity contribution in [3.05, 3.63) is 95.4 Å². The summed E-state index contributed by atoms with van der Waals surface area (Å²) in [6, 6.07) is 25.7. The van der Waals surface area contributed by atoms with Gasteiger partial charge in [0.05, 0.1) is 12.6 Å². The summed E-state index contributed by atoms with van der Waals surface area (Å²) >= 11 is 0. The Kier molecular flexibility index (Phi) is 10.3. The monoisotopic (exact) mass is 572 g/mol. The van der Waals surface area contributed by atoms with Crippen LogP contribution in [0, 0.1) is 13.8 Å². The third-order valence-electron chi connectivity index (χ3n) is 8.13. The average molecular weight is 573 g/mol. The molecule has 4 heterocycles. The van der Waals surface area contributed by atoms with Gasteiger partial charge in [0.25, 0.3) is 0 Å². The fraction of sp³-hybridized carbons (Fsp3) is 0.455. The Hall–Kier alpha value is -3.66. The number of hydrogen-bond donors (Lipinski definition) is 1. The lowest BCUT2D eigenvalue weighted by atomic mass is 10.1. The third kappa shape index (κ3) is 7.79. The van der Waals surface area contributed by atoms with Gasteiger partial charge in [-0.1, -0.05) is 77.9 Å². The van der Waals surface area contributed by atoms with E-state index in [9.17, 15) is 5.11 Å². The van der Waals surface area contributed by atoms with E-state index in [-0.39, 0.29) is 12.6 Å². The number of nitrogens with zero attached hydrogens (tertiary/aromatic N) is 6. The number of aliphatic hydroxyl groups is 1. The molecule has 4 aromatic rings. The van der Waals surface area contributed by atoms with Crippen molar-refractivity contribution < 1.29 is 14.2 Å². The van der Waals surface area contributed by atoms with E-state index in [0.29, 0.717) is 6.04 Å². The fourth-order valence-electron chi connectivity index (χ4n) is 5.90. The van der Waals surface area contributed by atoms with E-state index >= 15 is 0 Å². The van der Waals surface area contributed by atoms with Crippen LogP contribution in [0.15, 0.2) is 81.8 Å². The van der Waals surface area contributed by atoms with Crippen LogP contribution in [0.3, 0.4) is 0 Å². The first-order valence-electron chi connectivity index (χ1n) is 15.1. The minimum absolute atomic E-state index is 0.0620. The standard InChI is InChI=1S/C17H23N3O.C16H21N3O2/c1-3-16-13-19(12-15-7-5-4-6-8-15)9-10-20(16)17-11-14(2)21-18-17;1-13-9-16(17-21-13)19-8-7-18(11-15(19)12-20)10-14-5-3-2-4-6-14/h4-8,11,16H,3,9-10,12-13H2,1-2H3;2-6,9,15,20H,7-8,10-12H2,1H3/t16-;15-/m01/s1. The molecule has 0 aliphatic carbocycles. The summed E-state index contributed by atoms with van der Waals surface area (Å²) in [5.41, 5.74) is 2.69. The predicted octanol–water partition coefficient (Wildman–Crippen LogP) is 4.75. The summed E-state index contributed by atoms with van der Waals surface area (Å²) < 4.78 is 10.4. The van der Waals surface area contributed by atoms with Gasteiger partial charge < -0.3 is 24.0 Å². The van der Waals surface area contributed by atoms with Crippen molar-refractivity contribution >= 4 is 11.6 Å². The highest BCUT2D eigenvalue weighted by atomic mass is 16.5. The second-order valence-electron chi connectivity index (χ2n) is 11.3. The van der Waals surface area contributed by atoms with Gasteiger partial charge in [-0.05, 0) is 31.4 Å². The molecule has 2 aliphatic rings. The quantitative estimate of drug-likeness (QED) is 0.322. The lowest BCUT2D eigenvalue weighted by Gasteiger charge is -2.41. The van der Waals surface area contributed by atoms with Gasteiger partial charge in [0.2, 0.25) is 0 Å². The third-order valence-corrected chi connectivity index (χ3v) is 8.13. The molecule has 2 aromatic heterocycles. The number of aryl methyl sites for hydroxylation is 2. The maximum Gasteiger partial charge on any atom is 0.172 e. The Balaban J connectivity index is 0.000000168. The van der Waals surface area contributed by atoms with Crippen LogP contribution in [0.4, 0.5) is 11.6 Å². The van der Waals surface area contributed by atoms with E-state index < -0.39 is 0 Å². The highest BCUT2D eigenvalue weighted by molar-refractivity contribution is 5.41. The first kappa shape index (κ1) is 29.8. The molecule has 0 amide bonds. The average Bonchev–Trinajstić information content (AvgIpc) is 3.66. The van der Waals surface area contributed by atoms with E-state index in [1.165, 1.54) is 11.1 Å². The minimum atomic E-state index is 0.0620. The smallest absolute Gasteiger partial charge is 0.172 e. The molecule has 9 heteroatoms.